The van der Waals surface area contributed by atoms with Gasteiger partial charge in [-0.25, -0.2) is 0 Å². The number of aryl methyl sites for hydroxylation is 1. The Balaban J connectivity index is 2.23. The summed E-state index contributed by atoms with van der Waals surface area (Å²) in [5, 5.41) is 11.7. The minimum absolute atomic E-state index is 0.630. The molecule has 0 spiro atoms. The van der Waals surface area contributed by atoms with Crippen LogP contribution < -0.4 is 5.32 Å². The first-order valence-electron chi connectivity index (χ1n) is 8.71. The van der Waals surface area contributed by atoms with Crippen molar-refractivity contribution < 1.29 is 4.79 Å². The highest BCUT2D eigenvalue weighted by Crippen LogP contribution is 2.37. The van der Waals surface area contributed by atoms with Crippen LogP contribution in [0, 0.1) is 18.3 Å². The molecule has 0 aliphatic rings. The first-order chi connectivity index (χ1) is 13.1. The lowest BCUT2D eigenvalue weighted by molar-refractivity contribution is -0.108. The van der Waals surface area contributed by atoms with E-state index in [9.17, 15) is 4.79 Å². The van der Waals surface area contributed by atoms with Gasteiger partial charge in [0.1, 0.15) is 0 Å². The molecular formula is C24H20N2O. The third-order valence-electron chi connectivity index (χ3n) is 4.51. The topological polar surface area (TPSA) is 52.9 Å². The first-order valence-corrected chi connectivity index (χ1v) is 8.71. The second-order valence-corrected chi connectivity index (χ2v) is 6.40. The van der Waals surface area contributed by atoms with E-state index >= 15 is 0 Å². The summed E-state index contributed by atoms with van der Waals surface area (Å²) in [7, 11) is 0. The second-order valence-electron chi connectivity index (χ2n) is 6.40. The predicted molar refractivity (Wildman–Crippen MR) is 110 cm³/mol. The maximum absolute atomic E-state index is 10.8. The number of rotatable bonds is 5. The molecule has 3 rings (SSSR count). The van der Waals surface area contributed by atoms with Crippen LogP contribution in [0.1, 0.15) is 23.6 Å². The maximum Gasteiger partial charge on any atom is 0.211 e. The van der Waals surface area contributed by atoms with E-state index in [4.69, 9.17) is 5.26 Å². The van der Waals surface area contributed by atoms with E-state index in [-0.39, 0.29) is 0 Å². The molecule has 0 saturated carbocycles. The Morgan fingerprint density at radius 2 is 1.48 bits per heavy atom. The maximum atomic E-state index is 10.8. The van der Waals surface area contributed by atoms with Gasteiger partial charge in [0.15, 0.2) is 0 Å². The van der Waals surface area contributed by atoms with Gasteiger partial charge in [0, 0.05) is 6.20 Å². The Labute approximate surface area is 159 Å². The SMILES string of the molecule is C/C(=C/NC=O)c1c(-c2ccc(C)cc2)cccc1-c1ccc(C#N)cc1. The van der Waals surface area contributed by atoms with Crippen LogP contribution in [0.15, 0.2) is 72.9 Å². The Morgan fingerprint density at radius 1 is 0.926 bits per heavy atom. The summed E-state index contributed by atoms with van der Waals surface area (Å²) in [5.41, 5.74) is 8.14. The predicted octanol–water partition coefficient (Wildman–Crippen LogP) is 5.31. The molecule has 3 aromatic carbocycles. The highest BCUT2D eigenvalue weighted by Gasteiger charge is 2.13. The molecule has 0 saturated heterocycles. The van der Waals surface area contributed by atoms with Gasteiger partial charge >= 0.3 is 0 Å². The van der Waals surface area contributed by atoms with Gasteiger partial charge in [0.25, 0.3) is 0 Å². The number of carbonyl (C=O) groups excluding carboxylic acids is 1. The van der Waals surface area contributed by atoms with E-state index < -0.39 is 0 Å². The fraction of sp³-hybridized carbons (Fsp3) is 0.0833. The number of hydrogen-bond acceptors (Lipinski definition) is 2. The number of nitrogens with zero attached hydrogens (tertiary/aromatic N) is 1. The molecule has 0 aliphatic heterocycles. The lowest BCUT2D eigenvalue weighted by atomic mass is 9.88. The zero-order chi connectivity index (χ0) is 19.2. The van der Waals surface area contributed by atoms with Gasteiger partial charge in [-0.2, -0.15) is 5.26 Å². The van der Waals surface area contributed by atoms with Crippen molar-refractivity contribution in [2.45, 2.75) is 13.8 Å². The molecule has 3 nitrogen and oxygen atoms in total. The summed E-state index contributed by atoms with van der Waals surface area (Å²) in [5.74, 6) is 0. The van der Waals surface area contributed by atoms with E-state index in [1.165, 1.54) is 5.56 Å². The Hall–Kier alpha value is -3.64. The Morgan fingerprint density at radius 3 is 2.00 bits per heavy atom. The van der Waals surface area contributed by atoms with E-state index in [0.717, 1.165) is 33.4 Å². The fourth-order valence-electron chi connectivity index (χ4n) is 3.15. The molecule has 0 unspecified atom stereocenters. The highest BCUT2D eigenvalue weighted by molar-refractivity contribution is 5.91. The monoisotopic (exact) mass is 352 g/mol. The van der Waals surface area contributed by atoms with Crippen LogP contribution >= 0.6 is 0 Å². The van der Waals surface area contributed by atoms with Crippen LogP contribution in [-0.4, -0.2) is 6.41 Å². The van der Waals surface area contributed by atoms with Crippen molar-refractivity contribution in [1.29, 1.82) is 5.26 Å². The lowest BCUT2D eigenvalue weighted by Crippen LogP contribution is -2.02. The Bertz CT molecular complexity index is 1020. The Kier molecular flexibility index (Phi) is 5.49. The fourth-order valence-corrected chi connectivity index (χ4v) is 3.15. The molecule has 0 heterocycles. The quantitative estimate of drug-likeness (QED) is 0.633. The van der Waals surface area contributed by atoms with Crippen LogP contribution in [-0.2, 0) is 4.79 Å². The van der Waals surface area contributed by atoms with Crippen molar-refractivity contribution in [1.82, 2.24) is 5.32 Å². The van der Waals surface area contributed by atoms with E-state index in [2.05, 4.69) is 54.7 Å². The molecule has 0 fully saturated rings. The third kappa shape index (κ3) is 3.96. The number of allylic oxidation sites excluding steroid dienone is 1. The number of hydrogen-bond donors (Lipinski definition) is 1. The van der Waals surface area contributed by atoms with Gasteiger partial charge < -0.3 is 5.32 Å². The lowest BCUT2D eigenvalue weighted by Gasteiger charge is -2.17. The van der Waals surface area contributed by atoms with E-state index in [1.807, 2.05) is 37.3 Å². The molecule has 0 bridgehead atoms. The van der Waals surface area contributed by atoms with Crippen LogP contribution in [0.2, 0.25) is 0 Å². The van der Waals surface area contributed by atoms with Crippen molar-refractivity contribution in [3.05, 3.63) is 89.6 Å². The van der Waals surface area contributed by atoms with Gasteiger partial charge in [-0.1, -0.05) is 60.2 Å². The van der Waals surface area contributed by atoms with Gasteiger partial charge in [-0.05, 0) is 59.4 Å². The van der Waals surface area contributed by atoms with E-state index in [1.54, 1.807) is 6.20 Å². The minimum atomic E-state index is 0.630. The van der Waals surface area contributed by atoms with Gasteiger partial charge in [0.2, 0.25) is 6.41 Å². The summed E-state index contributed by atoms with van der Waals surface area (Å²) < 4.78 is 0. The summed E-state index contributed by atoms with van der Waals surface area (Å²) in [4.78, 5) is 10.8. The summed E-state index contributed by atoms with van der Waals surface area (Å²) in [6.45, 7) is 4.05. The first kappa shape index (κ1) is 18.2. The second kappa shape index (κ2) is 8.16. The number of benzene rings is 3. The largest absolute Gasteiger partial charge is 0.335 e. The number of amides is 1. The van der Waals surface area contributed by atoms with Crippen molar-refractivity contribution >= 4 is 12.0 Å². The van der Waals surface area contributed by atoms with Crippen molar-refractivity contribution in [2.75, 3.05) is 0 Å². The zero-order valence-corrected chi connectivity index (χ0v) is 15.4. The third-order valence-corrected chi connectivity index (χ3v) is 4.51. The normalized spacial score (nSPS) is 10.9. The van der Waals surface area contributed by atoms with Crippen molar-refractivity contribution in [3.63, 3.8) is 0 Å². The molecule has 1 amide bonds. The average Bonchev–Trinajstić information content (AvgIpc) is 2.72. The molecule has 27 heavy (non-hydrogen) atoms. The van der Waals surface area contributed by atoms with Crippen LogP contribution in [0.5, 0.6) is 0 Å². The molecule has 3 aromatic rings. The number of nitriles is 1. The van der Waals surface area contributed by atoms with Gasteiger partial charge in [-0.15, -0.1) is 0 Å². The van der Waals surface area contributed by atoms with Crippen molar-refractivity contribution in [2.24, 2.45) is 0 Å². The molecule has 3 heteroatoms. The molecule has 1 N–H and O–H groups in total. The summed E-state index contributed by atoms with van der Waals surface area (Å²) in [6, 6.07) is 24.3. The smallest absolute Gasteiger partial charge is 0.211 e. The molecular weight excluding hydrogens is 332 g/mol. The summed E-state index contributed by atoms with van der Waals surface area (Å²) in [6.07, 6.45) is 2.38. The molecule has 132 valence electrons. The zero-order valence-electron chi connectivity index (χ0n) is 15.4. The number of carbonyl (C=O) groups is 1. The van der Waals surface area contributed by atoms with Crippen molar-refractivity contribution in [3.8, 4) is 28.3 Å². The summed E-state index contributed by atoms with van der Waals surface area (Å²) >= 11 is 0. The molecule has 0 radical (unpaired) electrons. The standard InChI is InChI=1S/C24H20N2O/c1-17-6-10-20(11-7-17)22-4-3-5-23(24(22)18(2)15-26-16-27)21-12-8-19(14-25)9-13-21/h3-13,15-16H,1-2H3,(H,26,27)/b18-15-. The van der Waals surface area contributed by atoms with E-state index in [0.29, 0.717) is 12.0 Å². The highest BCUT2D eigenvalue weighted by atomic mass is 16.1. The molecule has 0 aliphatic carbocycles. The minimum Gasteiger partial charge on any atom is -0.335 e. The molecule has 0 atom stereocenters. The van der Waals surface area contributed by atoms with Crippen LogP contribution in [0.3, 0.4) is 0 Å². The van der Waals surface area contributed by atoms with Crippen LogP contribution in [0.4, 0.5) is 0 Å². The number of nitrogens with one attached hydrogen (secondary N) is 1. The molecule has 0 aromatic heterocycles. The van der Waals surface area contributed by atoms with Gasteiger partial charge in [-0.3, -0.25) is 4.79 Å². The van der Waals surface area contributed by atoms with Crippen LogP contribution in [0.25, 0.3) is 27.8 Å². The van der Waals surface area contributed by atoms with Gasteiger partial charge in [0.05, 0.1) is 11.6 Å². The average molecular weight is 352 g/mol.